The van der Waals surface area contributed by atoms with E-state index >= 15 is 0 Å². The fourth-order valence-corrected chi connectivity index (χ4v) is 2.62. The molecule has 0 saturated carbocycles. The highest BCUT2D eigenvalue weighted by Gasteiger charge is 2.11. The third-order valence-corrected chi connectivity index (χ3v) is 3.74. The van der Waals surface area contributed by atoms with Crippen LogP contribution in [-0.4, -0.2) is 11.0 Å². The predicted molar refractivity (Wildman–Crippen MR) is 85.5 cm³/mol. The van der Waals surface area contributed by atoms with Gasteiger partial charge in [-0.15, -0.1) is 0 Å². The van der Waals surface area contributed by atoms with E-state index in [1.807, 2.05) is 19.9 Å². The second kappa shape index (κ2) is 6.73. The van der Waals surface area contributed by atoms with Crippen molar-refractivity contribution in [2.75, 3.05) is 0 Å². The predicted octanol–water partition coefficient (Wildman–Crippen LogP) is 4.63. The summed E-state index contributed by atoms with van der Waals surface area (Å²) in [6.07, 6.45) is 2.46. The molecular formula is C15H15BrClFN2O. The average Bonchev–Trinajstić information content (AvgIpc) is 2.38. The van der Waals surface area contributed by atoms with Gasteiger partial charge in [-0.05, 0) is 53.9 Å². The summed E-state index contributed by atoms with van der Waals surface area (Å²) in [7, 11) is 0. The Morgan fingerprint density at radius 3 is 2.76 bits per heavy atom. The molecule has 2 aromatic rings. The van der Waals surface area contributed by atoms with Crippen molar-refractivity contribution in [1.82, 2.24) is 4.98 Å². The lowest BCUT2D eigenvalue weighted by molar-refractivity contribution is 0.451. The minimum atomic E-state index is -0.541. The van der Waals surface area contributed by atoms with E-state index in [9.17, 15) is 4.39 Å². The molecule has 0 aliphatic rings. The molecule has 2 rings (SSSR count). The van der Waals surface area contributed by atoms with Crippen molar-refractivity contribution in [2.24, 2.45) is 5.73 Å². The number of nitrogens with zero attached hydrogens (tertiary/aromatic N) is 1. The summed E-state index contributed by atoms with van der Waals surface area (Å²) in [4.78, 5) is 4.27. The number of hydrogen-bond donors (Lipinski definition) is 1. The van der Waals surface area contributed by atoms with Crippen molar-refractivity contribution in [1.29, 1.82) is 0 Å². The van der Waals surface area contributed by atoms with Crippen LogP contribution in [0.25, 0.3) is 0 Å². The van der Waals surface area contributed by atoms with E-state index in [-0.39, 0.29) is 11.1 Å². The van der Waals surface area contributed by atoms with Gasteiger partial charge in [0, 0.05) is 23.9 Å². The molecule has 1 aromatic carbocycles. The molecule has 0 radical (unpaired) electrons. The summed E-state index contributed by atoms with van der Waals surface area (Å²) in [5.41, 5.74) is 7.66. The highest BCUT2D eigenvalue weighted by molar-refractivity contribution is 9.10. The normalized spacial score (nSPS) is 12.3. The summed E-state index contributed by atoms with van der Waals surface area (Å²) in [6.45, 7) is 3.82. The molecule has 3 nitrogen and oxygen atoms in total. The van der Waals surface area contributed by atoms with Crippen molar-refractivity contribution < 1.29 is 9.13 Å². The Morgan fingerprint density at radius 1 is 1.43 bits per heavy atom. The molecule has 0 saturated heterocycles. The van der Waals surface area contributed by atoms with Gasteiger partial charge in [-0.25, -0.2) is 9.37 Å². The third-order valence-electron chi connectivity index (χ3n) is 2.83. The smallest absolute Gasteiger partial charge is 0.222 e. The van der Waals surface area contributed by atoms with Crippen LogP contribution in [0.5, 0.6) is 11.6 Å². The first-order valence-corrected chi connectivity index (χ1v) is 7.57. The lowest BCUT2D eigenvalue weighted by Gasteiger charge is -2.12. The van der Waals surface area contributed by atoms with Crippen molar-refractivity contribution in [3.63, 3.8) is 0 Å². The van der Waals surface area contributed by atoms with E-state index in [0.29, 0.717) is 16.1 Å². The minimum Gasteiger partial charge on any atom is -0.437 e. The van der Waals surface area contributed by atoms with Crippen LogP contribution in [0.1, 0.15) is 18.1 Å². The molecule has 1 heterocycles. The van der Waals surface area contributed by atoms with Crippen molar-refractivity contribution >= 4 is 27.5 Å². The van der Waals surface area contributed by atoms with Crippen LogP contribution in [0, 0.1) is 12.7 Å². The average molecular weight is 374 g/mol. The topological polar surface area (TPSA) is 48.1 Å². The van der Waals surface area contributed by atoms with E-state index in [1.165, 1.54) is 12.1 Å². The summed E-state index contributed by atoms with van der Waals surface area (Å²) < 4.78 is 19.7. The third kappa shape index (κ3) is 4.15. The van der Waals surface area contributed by atoms with E-state index in [0.717, 1.165) is 17.5 Å². The van der Waals surface area contributed by atoms with Crippen LogP contribution in [-0.2, 0) is 6.42 Å². The van der Waals surface area contributed by atoms with Gasteiger partial charge in [-0.3, -0.25) is 0 Å². The Morgan fingerprint density at radius 2 is 2.14 bits per heavy atom. The zero-order valence-corrected chi connectivity index (χ0v) is 14.0. The zero-order chi connectivity index (χ0) is 15.6. The number of pyridine rings is 1. The lowest BCUT2D eigenvalue weighted by atomic mass is 10.1. The Bertz CT molecular complexity index is 664. The fraction of sp³-hybridized carbons (Fsp3) is 0.267. The molecule has 1 aromatic heterocycles. The Labute approximate surface area is 136 Å². The highest BCUT2D eigenvalue weighted by Crippen LogP contribution is 2.34. The Hall–Kier alpha value is -1.17. The summed E-state index contributed by atoms with van der Waals surface area (Å²) in [5, 5.41) is 0.0335. The first-order chi connectivity index (χ1) is 9.86. The molecule has 1 unspecified atom stereocenters. The molecule has 6 heteroatoms. The maximum atomic E-state index is 13.5. The first kappa shape index (κ1) is 16.2. The molecule has 0 spiro atoms. The summed E-state index contributed by atoms with van der Waals surface area (Å²) >= 11 is 8.99. The molecule has 0 amide bonds. The summed E-state index contributed by atoms with van der Waals surface area (Å²) in [6, 6.07) is 4.71. The van der Waals surface area contributed by atoms with Crippen LogP contribution in [0.4, 0.5) is 4.39 Å². The number of rotatable bonds is 4. The van der Waals surface area contributed by atoms with Gasteiger partial charge < -0.3 is 10.5 Å². The van der Waals surface area contributed by atoms with Gasteiger partial charge >= 0.3 is 0 Å². The lowest BCUT2D eigenvalue weighted by Crippen LogP contribution is -2.17. The van der Waals surface area contributed by atoms with Crippen molar-refractivity contribution in [3.05, 3.63) is 50.8 Å². The SMILES string of the molecule is Cc1cc(CC(C)N)cnc1Oc1cc(F)c(Cl)cc1Br. The number of hydrogen-bond acceptors (Lipinski definition) is 3. The molecule has 1 atom stereocenters. The van der Waals surface area contributed by atoms with E-state index < -0.39 is 5.82 Å². The maximum absolute atomic E-state index is 13.5. The van der Waals surface area contributed by atoms with E-state index in [1.54, 1.807) is 6.20 Å². The second-order valence-electron chi connectivity index (χ2n) is 4.95. The number of benzene rings is 1. The van der Waals surface area contributed by atoms with Gasteiger partial charge in [-0.1, -0.05) is 11.6 Å². The molecule has 0 fully saturated rings. The van der Waals surface area contributed by atoms with Crippen LogP contribution in [0.2, 0.25) is 5.02 Å². The molecule has 21 heavy (non-hydrogen) atoms. The quantitative estimate of drug-likeness (QED) is 0.795. The molecule has 0 bridgehead atoms. The maximum Gasteiger partial charge on any atom is 0.222 e. The minimum absolute atomic E-state index is 0.0335. The van der Waals surface area contributed by atoms with Gasteiger partial charge in [0.1, 0.15) is 11.6 Å². The van der Waals surface area contributed by atoms with Crippen molar-refractivity contribution in [2.45, 2.75) is 26.3 Å². The largest absolute Gasteiger partial charge is 0.437 e. The van der Waals surface area contributed by atoms with Gasteiger partial charge in [0.25, 0.3) is 0 Å². The second-order valence-corrected chi connectivity index (χ2v) is 6.21. The Balaban J connectivity index is 2.26. The van der Waals surface area contributed by atoms with Crippen LogP contribution in [0.15, 0.2) is 28.9 Å². The van der Waals surface area contributed by atoms with E-state index in [4.69, 9.17) is 22.1 Å². The van der Waals surface area contributed by atoms with Crippen LogP contribution >= 0.6 is 27.5 Å². The number of aromatic nitrogens is 1. The van der Waals surface area contributed by atoms with Crippen molar-refractivity contribution in [3.8, 4) is 11.6 Å². The van der Waals surface area contributed by atoms with Gasteiger partial charge in [0.2, 0.25) is 5.88 Å². The Kier molecular flexibility index (Phi) is 5.19. The zero-order valence-electron chi connectivity index (χ0n) is 11.7. The molecule has 0 aliphatic heterocycles. The number of halogens is 3. The molecule has 0 aliphatic carbocycles. The van der Waals surface area contributed by atoms with Gasteiger partial charge in [0.15, 0.2) is 0 Å². The van der Waals surface area contributed by atoms with Gasteiger partial charge in [-0.2, -0.15) is 0 Å². The summed E-state index contributed by atoms with van der Waals surface area (Å²) in [5.74, 6) is 0.208. The molecule has 2 N–H and O–H groups in total. The standard InChI is InChI=1S/C15H15BrClFN2O/c1-8-3-10(4-9(2)19)7-20-15(8)21-14-6-13(18)12(17)5-11(14)16/h3,5-7,9H,4,19H2,1-2H3. The number of ether oxygens (including phenoxy) is 1. The van der Waals surface area contributed by atoms with Crippen LogP contribution in [0.3, 0.4) is 0 Å². The number of nitrogens with two attached hydrogens (primary N) is 1. The number of aryl methyl sites for hydroxylation is 1. The first-order valence-electron chi connectivity index (χ1n) is 6.40. The van der Waals surface area contributed by atoms with E-state index in [2.05, 4.69) is 20.9 Å². The highest BCUT2D eigenvalue weighted by atomic mass is 79.9. The molecule has 112 valence electrons. The van der Waals surface area contributed by atoms with Gasteiger partial charge in [0.05, 0.1) is 9.50 Å². The fourth-order valence-electron chi connectivity index (χ4n) is 1.90. The monoisotopic (exact) mass is 372 g/mol. The van der Waals surface area contributed by atoms with Crippen LogP contribution < -0.4 is 10.5 Å². The molecular weight excluding hydrogens is 359 g/mol.